The molecule has 0 unspecified atom stereocenters. The third-order valence-corrected chi connectivity index (χ3v) is 5.67. The first-order valence-electron chi connectivity index (χ1n) is 8.70. The Bertz CT molecular complexity index is 632. The first-order valence-corrected chi connectivity index (χ1v) is 8.70. The van der Waals surface area contributed by atoms with Crippen LogP contribution < -0.4 is 0 Å². The zero-order chi connectivity index (χ0) is 15.6. The Morgan fingerprint density at radius 3 is 2.36 bits per heavy atom. The lowest BCUT2D eigenvalue weighted by Gasteiger charge is -2.36. The molecule has 0 aliphatic heterocycles. The van der Waals surface area contributed by atoms with Gasteiger partial charge >= 0.3 is 0 Å². The van der Waals surface area contributed by atoms with Crippen LogP contribution in [0.15, 0.2) is 36.4 Å². The molecule has 0 saturated carbocycles. The number of benzene rings is 2. The maximum Gasteiger partial charge on any atom is 0.102 e. The first-order chi connectivity index (χ1) is 10.7. The SMILES string of the molecule is CC[N+](CC)(CC)CCO[C@@H]1Cc2cccc3cccc1c23. The average molecular weight is 298 g/mol. The van der Waals surface area contributed by atoms with E-state index in [0.717, 1.165) is 24.1 Å². The molecule has 3 rings (SSSR count). The summed E-state index contributed by atoms with van der Waals surface area (Å²) in [6, 6.07) is 13.2. The van der Waals surface area contributed by atoms with Gasteiger partial charge in [-0.25, -0.2) is 0 Å². The van der Waals surface area contributed by atoms with Crippen LogP contribution in [0.25, 0.3) is 10.8 Å². The van der Waals surface area contributed by atoms with E-state index in [2.05, 4.69) is 57.2 Å². The van der Waals surface area contributed by atoms with E-state index in [4.69, 9.17) is 4.74 Å². The molecular formula is C20H28NO+. The zero-order valence-electron chi connectivity index (χ0n) is 14.1. The largest absolute Gasteiger partial charge is 0.367 e. The summed E-state index contributed by atoms with van der Waals surface area (Å²) in [6.45, 7) is 12.4. The molecule has 2 aromatic carbocycles. The average Bonchev–Trinajstić information content (AvgIpc) is 2.93. The number of likely N-dealkylation sites (N-methyl/N-ethyl adjacent to an activating group) is 1. The van der Waals surface area contributed by atoms with E-state index in [0.29, 0.717) is 0 Å². The normalized spacial score (nSPS) is 17.3. The minimum atomic E-state index is 0.244. The number of nitrogens with zero attached hydrogens (tertiary/aromatic N) is 1. The quantitative estimate of drug-likeness (QED) is 0.691. The van der Waals surface area contributed by atoms with Gasteiger partial charge in [-0.1, -0.05) is 36.4 Å². The van der Waals surface area contributed by atoms with Crippen LogP contribution in [0, 0.1) is 0 Å². The fraction of sp³-hybridized carbons (Fsp3) is 0.500. The summed E-state index contributed by atoms with van der Waals surface area (Å²) < 4.78 is 7.48. The van der Waals surface area contributed by atoms with E-state index in [1.54, 1.807) is 0 Å². The smallest absolute Gasteiger partial charge is 0.102 e. The fourth-order valence-electron chi connectivity index (χ4n) is 3.88. The predicted molar refractivity (Wildman–Crippen MR) is 93.1 cm³/mol. The van der Waals surface area contributed by atoms with Crippen LogP contribution in [-0.2, 0) is 11.2 Å². The lowest BCUT2D eigenvalue weighted by Crippen LogP contribution is -2.49. The van der Waals surface area contributed by atoms with Crippen molar-refractivity contribution in [1.29, 1.82) is 0 Å². The second kappa shape index (κ2) is 6.39. The van der Waals surface area contributed by atoms with E-state index in [1.165, 1.54) is 41.5 Å². The van der Waals surface area contributed by atoms with E-state index >= 15 is 0 Å². The predicted octanol–water partition coefficient (Wildman–Crippen LogP) is 4.33. The Kier molecular flexibility index (Phi) is 4.51. The molecule has 1 aliphatic carbocycles. The maximum absolute atomic E-state index is 6.32. The van der Waals surface area contributed by atoms with E-state index in [9.17, 15) is 0 Å². The van der Waals surface area contributed by atoms with Gasteiger partial charge in [0, 0.05) is 6.42 Å². The highest BCUT2D eigenvalue weighted by molar-refractivity contribution is 5.91. The van der Waals surface area contributed by atoms with Gasteiger partial charge in [-0.05, 0) is 42.7 Å². The maximum atomic E-state index is 6.32. The molecule has 0 radical (unpaired) electrons. The van der Waals surface area contributed by atoms with Gasteiger partial charge in [0.1, 0.15) is 6.54 Å². The molecule has 0 N–H and O–H groups in total. The van der Waals surface area contributed by atoms with Crippen LogP contribution in [0.4, 0.5) is 0 Å². The lowest BCUT2D eigenvalue weighted by atomic mass is 10.1. The van der Waals surface area contributed by atoms with Crippen LogP contribution in [0.3, 0.4) is 0 Å². The van der Waals surface area contributed by atoms with Crippen molar-refractivity contribution in [1.82, 2.24) is 0 Å². The molecule has 2 nitrogen and oxygen atoms in total. The van der Waals surface area contributed by atoms with Gasteiger partial charge in [-0.2, -0.15) is 0 Å². The van der Waals surface area contributed by atoms with Crippen molar-refractivity contribution in [3.8, 4) is 0 Å². The summed E-state index contributed by atoms with van der Waals surface area (Å²) in [5, 5.41) is 2.78. The molecule has 0 heterocycles. The first kappa shape index (κ1) is 15.5. The number of ether oxygens (including phenoxy) is 1. The van der Waals surface area contributed by atoms with Gasteiger partial charge in [0.15, 0.2) is 0 Å². The van der Waals surface area contributed by atoms with Crippen molar-refractivity contribution >= 4 is 10.8 Å². The van der Waals surface area contributed by atoms with Crippen LogP contribution in [0.1, 0.15) is 38.0 Å². The second-order valence-electron chi connectivity index (χ2n) is 6.44. The molecule has 0 amide bonds. The number of rotatable bonds is 7. The van der Waals surface area contributed by atoms with Crippen molar-refractivity contribution in [2.24, 2.45) is 0 Å². The Balaban J connectivity index is 1.71. The van der Waals surface area contributed by atoms with Gasteiger partial charge < -0.3 is 9.22 Å². The van der Waals surface area contributed by atoms with Gasteiger partial charge in [-0.3, -0.25) is 0 Å². The lowest BCUT2D eigenvalue weighted by molar-refractivity contribution is -0.923. The van der Waals surface area contributed by atoms with E-state index < -0.39 is 0 Å². The van der Waals surface area contributed by atoms with Crippen molar-refractivity contribution in [2.45, 2.75) is 33.3 Å². The van der Waals surface area contributed by atoms with Crippen molar-refractivity contribution < 1.29 is 9.22 Å². The molecule has 1 aliphatic rings. The highest BCUT2D eigenvalue weighted by Gasteiger charge is 2.26. The molecule has 0 bridgehead atoms. The monoisotopic (exact) mass is 298 g/mol. The highest BCUT2D eigenvalue weighted by atomic mass is 16.5. The summed E-state index contributed by atoms with van der Waals surface area (Å²) in [5.74, 6) is 0. The van der Waals surface area contributed by atoms with Gasteiger partial charge in [0.25, 0.3) is 0 Å². The standard InChI is InChI=1S/C20H28NO/c1-4-21(5-2,6-3)13-14-22-19-15-17-11-7-9-16-10-8-12-18(19)20(16)17/h7-12,19H,4-6,13-15H2,1-3H3/q+1/t19-/m1/s1. The highest BCUT2D eigenvalue weighted by Crippen LogP contribution is 2.38. The summed E-state index contributed by atoms with van der Waals surface area (Å²) in [5.41, 5.74) is 2.83. The van der Waals surface area contributed by atoms with Gasteiger partial charge in [-0.15, -0.1) is 0 Å². The van der Waals surface area contributed by atoms with Crippen molar-refractivity contribution in [3.05, 3.63) is 47.5 Å². The Labute approximate surface area is 134 Å². The number of quaternary nitrogens is 1. The van der Waals surface area contributed by atoms with E-state index in [-0.39, 0.29) is 6.10 Å². The van der Waals surface area contributed by atoms with Crippen LogP contribution in [0.5, 0.6) is 0 Å². The van der Waals surface area contributed by atoms with Crippen LogP contribution in [-0.4, -0.2) is 37.3 Å². The fourth-order valence-corrected chi connectivity index (χ4v) is 3.88. The van der Waals surface area contributed by atoms with Crippen LogP contribution in [0.2, 0.25) is 0 Å². The molecule has 0 aromatic heterocycles. The minimum Gasteiger partial charge on any atom is -0.367 e. The molecule has 22 heavy (non-hydrogen) atoms. The van der Waals surface area contributed by atoms with Crippen molar-refractivity contribution in [2.75, 3.05) is 32.8 Å². The summed E-state index contributed by atoms with van der Waals surface area (Å²) in [4.78, 5) is 0. The summed E-state index contributed by atoms with van der Waals surface area (Å²) >= 11 is 0. The Morgan fingerprint density at radius 1 is 1.00 bits per heavy atom. The Morgan fingerprint density at radius 2 is 1.68 bits per heavy atom. The Hall–Kier alpha value is -1.38. The molecule has 0 saturated heterocycles. The number of hydrogen-bond donors (Lipinski definition) is 0. The number of hydrogen-bond acceptors (Lipinski definition) is 1. The second-order valence-corrected chi connectivity index (χ2v) is 6.44. The molecule has 0 spiro atoms. The third-order valence-electron chi connectivity index (χ3n) is 5.67. The van der Waals surface area contributed by atoms with Gasteiger partial charge in [0.05, 0.1) is 32.3 Å². The zero-order valence-corrected chi connectivity index (χ0v) is 14.1. The molecule has 2 heteroatoms. The summed E-state index contributed by atoms with van der Waals surface area (Å²) in [6.07, 6.45) is 1.27. The molecule has 1 atom stereocenters. The topological polar surface area (TPSA) is 9.23 Å². The minimum absolute atomic E-state index is 0.244. The molecular weight excluding hydrogens is 270 g/mol. The molecule has 118 valence electrons. The molecule has 2 aromatic rings. The summed E-state index contributed by atoms with van der Waals surface area (Å²) in [7, 11) is 0. The molecule has 0 fully saturated rings. The van der Waals surface area contributed by atoms with E-state index in [1.807, 2.05) is 0 Å². The van der Waals surface area contributed by atoms with Crippen LogP contribution >= 0.6 is 0 Å². The van der Waals surface area contributed by atoms with Gasteiger partial charge in [0.2, 0.25) is 0 Å². The third kappa shape index (κ3) is 2.66. The van der Waals surface area contributed by atoms with Crippen molar-refractivity contribution in [3.63, 3.8) is 0 Å².